The molecule has 1 atom stereocenters. The number of rotatable bonds is 10. The summed E-state index contributed by atoms with van der Waals surface area (Å²) in [6.45, 7) is 0.187. The number of aromatic nitrogens is 4. The van der Waals surface area contributed by atoms with Crippen LogP contribution in [0.3, 0.4) is 0 Å². The van der Waals surface area contributed by atoms with Crippen LogP contribution in [0.25, 0.3) is 22.2 Å². The number of carbonyl (C=O) groups is 1. The molecule has 4 rings (SSSR count). The maximum Gasteiger partial charge on any atom is 0.272 e. The summed E-state index contributed by atoms with van der Waals surface area (Å²) in [7, 11) is 1.59. The molecule has 11 nitrogen and oxygen atoms in total. The van der Waals surface area contributed by atoms with E-state index in [1.54, 1.807) is 43.5 Å². The van der Waals surface area contributed by atoms with Crippen molar-refractivity contribution < 1.29 is 19.2 Å². The van der Waals surface area contributed by atoms with E-state index in [2.05, 4.69) is 31.0 Å². The highest BCUT2D eigenvalue weighted by molar-refractivity contribution is 5.90. The third-order valence-electron chi connectivity index (χ3n) is 5.12. The predicted octanol–water partition coefficient (Wildman–Crippen LogP) is 1.50. The first kappa shape index (κ1) is 22.9. The fourth-order valence-electron chi connectivity index (χ4n) is 3.29. The smallest absolute Gasteiger partial charge is 0.272 e. The Kier molecular flexibility index (Phi) is 7.13. The maximum atomic E-state index is 12.2. The Morgan fingerprint density at radius 3 is 2.68 bits per heavy atom. The van der Waals surface area contributed by atoms with Crippen LogP contribution in [0.4, 0.5) is 5.82 Å². The third kappa shape index (κ3) is 5.56. The molecule has 2 aromatic carbocycles. The lowest BCUT2D eigenvalue weighted by Crippen LogP contribution is -2.36. The lowest BCUT2D eigenvalue weighted by molar-refractivity contribution is -0.121. The van der Waals surface area contributed by atoms with Crippen LogP contribution in [-0.2, 0) is 11.2 Å². The monoisotopic (exact) mass is 464 g/mol. The summed E-state index contributed by atoms with van der Waals surface area (Å²) >= 11 is 0. The number of hydrogen-bond donors (Lipinski definition) is 4. The molecular weight excluding hydrogens is 440 g/mol. The predicted molar refractivity (Wildman–Crippen MR) is 124 cm³/mol. The van der Waals surface area contributed by atoms with Crippen LogP contribution in [0, 0.1) is 0 Å². The molecular formula is C23H24N6O5. The minimum atomic E-state index is -0.860. The van der Waals surface area contributed by atoms with Crippen molar-refractivity contribution in [2.24, 2.45) is 0 Å². The molecule has 34 heavy (non-hydrogen) atoms. The maximum absolute atomic E-state index is 12.2. The zero-order valence-electron chi connectivity index (χ0n) is 18.4. The van der Waals surface area contributed by atoms with Gasteiger partial charge in [-0.15, -0.1) is 0 Å². The van der Waals surface area contributed by atoms with Gasteiger partial charge in [0.1, 0.15) is 5.75 Å². The average molecular weight is 464 g/mol. The van der Waals surface area contributed by atoms with Crippen molar-refractivity contribution in [1.29, 1.82) is 0 Å². The van der Waals surface area contributed by atoms with Crippen LogP contribution in [0.2, 0.25) is 0 Å². The van der Waals surface area contributed by atoms with Crippen molar-refractivity contribution in [3.05, 3.63) is 64.8 Å². The van der Waals surface area contributed by atoms with Crippen LogP contribution >= 0.6 is 0 Å². The number of ether oxygens (including phenoxy) is 1. The second-order valence-corrected chi connectivity index (χ2v) is 7.53. The van der Waals surface area contributed by atoms with Crippen molar-refractivity contribution in [3.63, 3.8) is 0 Å². The lowest BCUT2D eigenvalue weighted by atomic mass is 10.2. The Labute approximate surface area is 194 Å². The molecule has 0 radical (unpaired) electrons. The van der Waals surface area contributed by atoms with E-state index < -0.39 is 6.10 Å². The summed E-state index contributed by atoms with van der Waals surface area (Å²) in [5.74, 6) is 1.70. The molecule has 4 aromatic rings. The largest absolute Gasteiger partial charge is 0.497 e. The average Bonchev–Trinajstić information content (AvgIpc) is 3.35. The van der Waals surface area contributed by atoms with Gasteiger partial charge in [0.15, 0.2) is 5.82 Å². The third-order valence-corrected chi connectivity index (χ3v) is 5.12. The van der Waals surface area contributed by atoms with Crippen molar-refractivity contribution in [2.45, 2.75) is 18.9 Å². The van der Waals surface area contributed by atoms with E-state index in [-0.39, 0.29) is 37.4 Å². The summed E-state index contributed by atoms with van der Waals surface area (Å²) in [6, 6.07) is 14.3. The van der Waals surface area contributed by atoms with Crippen molar-refractivity contribution in [3.8, 4) is 17.1 Å². The molecule has 0 bridgehead atoms. The zero-order chi connectivity index (χ0) is 23.9. The fraction of sp³-hybridized carbons (Fsp3) is 0.261. The minimum absolute atomic E-state index is 0.0497. The normalized spacial score (nSPS) is 11.8. The Morgan fingerprint density at radius 1 is 1.15 bits per heavy atom. The highest BCUT2D eigenvalue weighted by Gasteiger charge is 2.13. The highest BCUT2D eigenvalue weighted by atomic mass is 16.5. The number of nitrogens with zero attached hydrogens (tertiary/aromatic N) is 3. The van der Waals surface area contributed by atoms with Gasteiger partial charge in [0.05, 0.1) is 18.6 Å². The number of H-pyrrole nitrogens is 1. The van der Waals surface area contributed by atoms with E-state index in [4.69, 9.17) is 9.26 Å². The first-order valence-corrected chi connectivity index (χ1v) is 10.7. The summed E-state index contributed by atoms with van der Waals surface area (Å²) in [4.78, 5) is 28.3. The second-order valence-electron chi connectivity index (χ2n) is 7.53. The standard InChI is InChI=1S/C23H24N6O5/c1-33-16-8-6-14(7-9-16)21-26-20(34-29-21)11-10-19(31)24-12-15(30)13-25-22-17-4-2-3-5-18(17)23(32)28-27-22/h2-9,15,30H,10-13H2,1H3,(H,24,31)(H,25,27)(H,28,32)/t15-/m0/s1. The Morgan fingerprint density at radius 2 is 1.91 bits per heavy atom. The van der Waals surface area contributed by atoms with E-state index in [0.717, 1.165) is 11.3 Å². The quantitative estimate of drug-likeness (QED) is 0.273. The van der Waals surface area contributed by atoms with Crippen molar-refractivity contribution in [1.82, 2.24) is 25.7 Å². The van der Waals surface area contributed by atoms with Crippen LogP contribution in [0.5, 0.6) is 5.75 Å². The van der Waals surface area contributed by atoms with Gasteiger partial charge >= 0.3 is 0 Å². The number of carbonyl (C=O) groups excluding carboxylic acids is 1. The number of aromatic amines is 1. The molecule has 176 valence electrons. The Hall–Kier alpha value is -4.25. The van der Waals surface area contributed by atoms with Crippen LogP contribution in [0.1, 0.15) is 12.3 Å². The number of fused-ring (bicyclic) bond motifs is 1. The fourth-order valence-corrected chi connectivity index (χ4v) is 3.29. The van der Waals surface area contributed by atoms with E-state index in [1.807, 2.05) is 12.1 Å². The number of methoxy groups -OCH3 is 1. The molecule has 0 aliphatic rings. The molecule has 0 aliphatic carbocycles. The molecule has 0 aliphatic heterocycles. The summed E-state index contributed by atoms with van der Waals surface area (Å²) in [6.07, 6.45) is -0.450. The van der Waals surface area contributed by atoms with Gasteiger partial charge in [-0.25, -0.2) is 5.10 Å². The molecule has 4 N–H and O–H groups in total. The lowest BCUT2D eigenvalue weighted by Gasteiger charge is -2.14. The number of nitrogens with one attached hydrogen (secondary N) is 3. The van der Waals surface area contributed by atoms with Gasteiger partial charge in [-0.3, -0.25) is 9.59 Å². The van der Waals surface area contributed by atoms with Gasteiger partial charge in [0, 0.05) is 36.9 Å². The van der Waals surface area contributed by atoms with Gasteiger partial charge in [0.2, 0.25) is 17.6 Å². The van der Waals surface area contributed by atoms with E-state index in [1.165, 1.54) is 0 Å². The summed E-state index contributed by atoms with van der Waals surface area (Å²) in [5.41, 5.74) is 0.493. The molecule has 0 saturated carbocycles. The first-order chi connectivity index (χ1) is 16.5. The zero-order valence-corrected chi connectivity index (χ0v) is 18.4. The second kappa shape index (κ2) is 10.6. The number of aliphatic hydroxyl groups excluding tert-OH is 1. The first-order valence-electron chi connectivity index (χ1n) is 10.7. The van der Waals surface area contributed by atoms with Gasteiger partial charge in [-0.1, -0.05) is 23.4 Å². The molecule has 2 heterocycles. The van der Waals surface area contributed by atoms with Crippen LogP contribution in [0.15, 0.2) is 57.8 Å². The molecule has 0 unspecified atom stereocenters. The number of aryl methyl sites for hydroxylation is 1. The molecule has 0 saturated heterocycles. The summed E-state index contributed by atoms with van der Waals surface area (Å²) < 4.78 is 10.3. The Bertz CT molecular complexity index is 1320. The SMILES string of the molecule is COc1ccc(-c2noc(CCC(=O)NC[C@H](O)CNc3n[nH]c(=O)c4ccccc34)n2)cc1. The number of anilines is 1. The van der Waals surface area contributed by atoms with E-state index >= 15 is 0 Å². The van der Waals surface area contributed by atoms with Gasteiger partial charge in [-0.05, 0) is 30.3 Å². The molecule has 2 aromatic heterocycles. The minimum Gasteiger partial charge on any atom is -0.497 e. The molecule has 1 amide bonds. The van der Waals surface area contributed by atoms with E-state index in [0.29, 0.717) is 28.3 Å². The van der Waals surface area contributed by atoms with Crippen molar-refractivity contribution in [2.75, 3.05) is 25.5 Å². The molecule has 0 spiro atoms. The highest BCUT2D eigenvalue weighted by Crippen LogP contribution is 2.20. The van der Waals surface area contributed by atoms with Gasteiger partial charge < -0.3 is 25.0 Å². The van der Waals surface area contributed by atoms with Crippen LogP contribution < -0.4 is 20.9 Å². The number of aliphatic hydroxyl groups is 1. The topological polar surface area (TPSA) is 155 Å². The van der Waals surface area contributed by atoms with Crippen LogP contribution in [-0.4, -0.2) is 57.7 Å². The van der Waals surface area contributed by atoms with Gasteiger partial charge in [-0.2, -0.15) is 10.1 Å². The Balaban J connectivity index is 1.22. The summed E-state index contributed by atoms with van der Waals surface area (Å²) in [5, 5.41) is 27.4. The number of amides is 1. The molecule has 11 heteroatoms. The van der Waals surface area contributed by atoms with Crippen molar-refractivity contribution >= 4 is 22.5 Å². The molecule has 0 fully saturated rings. The van der Waals surface area contributed by atoms with E-state index in [9.17, 15) is 14.7 Å². The van der Waals surface area contributed by atoms with Gasteiger partial charge in [0.25, 0.3) is 5.56 Å². The number of benzene rings is 2. The number of hydrogen-bond acceptors (Lipinski definition) is 9.